The average Bonchev–Trinajstić information content (AvgIpc) is 3.04. The summed E-state index contributed by atoms with van der Waals surface area (Å²) >= 11 is 0. The second-order valence-electron chi connectivity index (χ2n) is 7.30. The summed E-state index contributed by atoms with van der Waals surface area (Å²) in [6, 6.07) is 24.2. The Labute approximate surface area is 185 Å². The minimum Gasteiger partial charge on any atom is -0.345 e. The fourth-order valence-corrected chi connectivity index (χ4v) is 3.85. The molecule has 0 saturated heterocycles. The van der Waals surface area contributed by atoms with Crippen molar-refractivity contribution in [1.29, 1.82) is 0 Å². The topological polar surface area (TPSA) is 3.24 Å². The molecule has 3 aromatic carbocycles. The Bertz CT molecular complexity index is 907. The largest absolute Gasteiger partial charge is 0.345 e. The third-order valence-electron chi connectivity index (χ3n) is 5.35. The Kier molecular flexibility index (Phi) is 9.85. The van der Waals surface area contributed by atoms with E-state index in [0.29, 0.717) is 0 Å². The number of anilines is 2. The summed E-state index contributed by atoms with van der Waals surface area (Å²) in [7, 11) is 2.14. The highest BCUT2D eigenvalue weighted by molar-refractivity contribution is 5.83. The third-order valence-corrected chi connectivity index (χ3v) is 5.35. The maximum absolute atomic E-state index is 2.36. The molecule has 0 amide bonds. The number of hydrogen-bond donors (Lipinski definition) is 0. The van der Waals surface area contributed by atoms with E-state index in [-0.39, 0.29) is 5.41 Å². The smallest absolute Gasteiger partial charge is 0.0411 e. The lowest BCUT2D eigenvalue weighted by atomic mass is 9.82. The molecule has 0 aromatic heterocycles. The zero-order chi connectivity index (χ0) is 22.9. The summed E-state index contributed by atoms with van der Waals surface area (Å²) in [6.45, 7) is 18.8. The first-order valence-corrected chi connectivity index (χ1v) is 11.5. The van der Waals surface area contributed by atoms with Gasteiger partial charge in [0.2, 0.25) is 0 Å². The van der Waals surface area contributed by atoms with Crippen LogP contribution in [0.1, 0.15) is 72.1 Å². The first-order chi connectivity index (χ1) is 14.5. The Balaban J connectivity index is 0.000000691. The van der Waals surface area contributed by atoms with Gasteiger partial charge in [0.05, 0.1) is 0 Å². The zero-order valence-corrected chi connectivity index (χ0v) is 20.8. The van der Waals surface area contributed by atoms with Gasteiger partial charge in [0.25, 0.3) is 0 Å². The van der Waals surface area contributed by atoms with Gasteiger partial charge in [0.1, 0.15) is 0 Å². The number of hydrogen-bond acceptors (Lipinski definition) is 1. The molecule has 162 valence electrons. The van der Waals surface area contributed by atoms with Crippen LogP contribution in [0.4, 0.5) is 11.4 Å². The van der Waals surface area contributed by atoms with Crippen LogP contribution in [-0.2, 0) is 5.41 Å². The van der Waals surface area contributed by atoms with E-state index in [0.717, 1.165) is 0 Å². The monoisotopic (exact) mass is 403 g/mol. The molecule has 3 aromatic rings. The first kappa shape index (κ1) is 25.5. The van der Waals surface area contributed by atoms with Gasteiger partial charge in [-0.3, -0.25) is 0 Å². The molecule has 0 fully saturated rings. The molecule has 1 nitrogen and oxygen atoms in total. The highest BCUT2D eigenvalue weighted by Crippen LogP contribution is 2.50. The molecular weight excluding hydrogens is 362 g/mol. The van der Waals surface area contributed by atoms with Crippen LogP contribution in [0.5, 0.6) is 0 Å². The quantitative estimate of drug-likeness (QED) is 0.412. The van der Waals surface area contributed by atoms with Crippen LogP contribution < -0.4 is 4.90 Å². The van der Waals surface area contributed by atoms with Gasteiger partial charge in [-0.2, -0.15) is 0 Å². The fourth-order valence-electron chi connectivity index (χ4n) is 3.85. The van der Waals surface area contributed by atoms with Crippen molar-refractivity contribution in [2.75, 3.05) is 11.9 Å². The average molecular weight is 404 g/mol. The summed E-state index contributed by atoms with van der Waals surface area (Å²) in [5.74, 6) is 0. The van der Waals surface area contributed by atoms with Crippen molar-refractivity contribution in [2.24, 2.45) is 0 Å². The number of rotatable bonds is 2. The summed E-state index contributed by atoms with van der Waals surface area (Å²) in [6.07, 6.45) is 0. The third kappa shape index (κ3) is 4.95. The van der Waals surface area contributed by atoms with E-state index >= 15 is 0 Å². The summed E-state index contributed by atoms with van der Waals surface area (Å²) in [5, 5.41) is 0. The zero-order valence-electron chi connectivity index (χ0n) is 20.8. The van der Waals surface area contributed by atoms with Crippen molar-refractivity contribution < 1.29 is 0 Å². The molecule has 0 spiro atoms. The molecule has 0 atom stereocenters. The highest BCUT2D eigenvalue weighted by atomic mass is 15.1. The van der Waals surface area contributed by atoms with E-state index in [1.807, 2.05) is 41.5 Å². The Morgan fingerprint density at radius 2 is 1.10 bits per heavy atom. The van der Waals surface area contributed by atoms with Crippen LogP contribution in [0.15, 0.2) is 66.7 Å². The lowest BCUT2D eigenvalue weighted by Gasteiger charge is -2.25. The second-order valence-corrected chi connectivity index (χ2v) is 7.30. The molecule has 0 aliphatic heterocycles. The standard InChI is InChI=1S/C23H23N.3C2H6/c1-16-10-12-19-20-13-11-18(24(4)17-8-6-5-7-9-17)15-22(20)23(2,3)21(19)14-16;3*1-2/h5-15H,1-4H3;3*1-2H3. The summed E-state index contributed by atoms with van der Waals surface area (Å²) < 4.78 is 0. The number of para-hydroxylation sites is 1. The molecule has 0 N–H and O–H groups in total. The van der Waals surface area contributed by atoms with Crippen LogP contribution >= 0.6 is 0 Å². The molecule has 1 aliphatic rings. The van der Waals surface area contributed by atoms with Gasteiger partial charge in [-0.15, -0.1) is 0 Å². The van der Waals surface area contributed by atoms with E-state index in [4.69, 9.17) is 0 Å². The number of fused-ring (bicyclic) bond motifs is 3. The molecule has 0 saturated carbocycles. The van der Waals surface area contributed by atoms with Gasteiger partial charge in [-0.25, -0.2) is 0 Å². The SMILES string of the molecule is CC.CC.CC.Cc1ccc2c(c1)C(C)(C)c1cc(N(C)c3ccccc3)ccc1-2. The van der Waals surface area contributed by atoms with E-state index < -0.39 is 0 Å². The van der Waals surface area contributed by atoms with Gasteiger partial charge in [-0.05, 0) is 53.4 Å². The molecule has 30 heavy (non-hydrogen) atoms. The van der Waals surface area contributed by atoms with Crippen molar-refractivity contribution in [2.45, 2.75) is 67.7 Å². The lowest BCUT2D eigenvalue weighted by molar-refractivity contribution is 0.660. The predicted molar refractivity (Wildman–Crippen MR) is 137 cm³/mol. The van der Waals surface area contributed by atoms with E-state index in [9.17, 15) is 0 Å². The molecule has 0 heterocycles. The van der Waals surface area contributed by atoms with Crippen LogP contribution in [0.3, 0.4) is 0 Å². The molecule has 0 unspecified atom stereocenters. The van der Waals surface area contributed by atoms with Gasteiger partial charge in [-0.1, -0.05) is 103 Å². The molecular formula is C29H41N. The van der Waals surface area contributed by atoms with Crippen molar-refractivity contribution >= 4 is 11.4 Å². The predicted octanol–water partition coefficient (Wildman–Crippen LogP) is 9.15. The normalized spacial score (nSPS) is 11.9. The Hall–Kier alpha value is -2.54. The van der Waals surface area contributed by atoms with Crippen molar-refractivity contribution in [3.05, 3.63) is 83.4 Å². The van der Waals surface area contributed by atoms with Gasteiger partial charge < -0.3 is 4.90 Å². The fraction of sp³-hybridized carbons (Fsp3) is 0.379. The van der Waals surface area contributed by atoms with Crippen molar-refractivity contribution in [3.8, 4) is 11.1 Å². The van der Waals surface area contributed by atoms with Crippen molar-refractivity contribution in [3.63, 3.8) is 0 Å². The first-order valence-electron chi connectivity index (χ1n) is 11.5. The van der Waals surface area contributed by atoms with E-state index in [1.54, 1.807) is 0 Å². The van der Waals surface area contributed by atoms with Crippen LogP contribution in [0, 0.1) is 6.92 Å². The summed E-state index contributed by atoms with van der Waals surface area (Å²) in [4.78, 5) is 2.25. The minimum atomic E-state index is 0.0459. The number of aryl methyl sites for hydroxylation is 1. The second kappa shape index (κ2) is 11.6. The summed E-state index contributed by atoms with van der Waals surface area (Å²) in [5.41, 5.74) is 9.44. The number of nitrogens with zero attached hydrogens (tertiary/aromatic N) is 1. The van der Waals surface area contributed by atoms with Crippen LogP contribution in [0.25, 0.3) is 11.1 Å². The maximum atomic E-state index is 2.36. The van der Waals surface area contributed by atoms with Gasteiger partial charge in [0.15, 0.2) is 0 Å². The van der Waals surface area contributed by atoms with E-state index in [1.165, 1.54) is 39.2 Å². The maximum Gasteiger partial charge on any atom is 0.0411 e. The minimum absolute atomic E-state index is 0.0459. The Morgan fingerprint density at radius 3 is 1.67 bits per heavy atom. The lowest BCUT2D eigenvalue weighted by Crippen LogP contribution is -2.16. The Morgan fingerprint density at radius 1 is 0.600 bits per heavy atom. The molecule has 0 bridgehead atoms. The van der Waals surface area contributed by atoms with Gasteiger partial charge >= 0.3 is 0 Å². The van der Waals surface area contributed by atoms with Crippen LogP contribution in [-0.4, -0.2) is 7.05 Å². The van der Waals surface area contributed by atoms with Crippen LogP contribution in [0.2, 0.25) is 0 Å². The molecule has 1 heteroatoms. The van der Waals surface area contributed by atoms with E-state index in [2.05, 4.69) is 99.4 Å². The van der Waals surface area contributed by atoms with Crippen molar-refractivity contribution in [1.82, 2.24) is 0 Å². The molecule has 0 radical (unpaired) electrons. The molecule has 4 rings (SSSR count). The molecule has 1 aliphatic carbocycles. The number of benzene rings is 3. The van der Waals surface area contributed by atoms with Gasteiger partial charge in [0, 0.05) is 23.8 Å². The highest BCUT2D eigenvalue weighted by Gasteiger charge is 2.35.